The monoisotopic (exact) mass is 360 g/mol. The molecule has 2 aliphatic rings. The van der Waals surface area contributed by atoms with Crippen molar-refractivity contribution in [3.8, 4) is 0 Å². The molecule has 3 rings (SSSR count). The van der Waals surface area contributed by atoms with E-state index in [4.69, 9.17) is 12.2 Å². The third-order valence-electron chi connectivity index (χ3n) is 6.44. The first-order chi connectivity index (χ1) is 11.7. The summed E-state index contributed by atoms with van der Waals surface area (Å²) in [4.78, 5) is 10.4. The number of nitrogens with zero attached hydrogens (tertiary/aromatic N) is 2. The number of nitro groups is 1. The highest BCUT2D eigenvalue weighted by atomic mass is 32.1. The van der Waals surface area contributed by atoms with Crippen LogP contribution in [-0.2, 0) is 0 Å². The first-order valence-electron chi connectivity index (χ1n) is 8.60. The second-order valence-electron chi connectivity index (χ2n) is 7.81. The van der Waals surface area contributed by atoms with Gasteiger partial charge in [-0.3, -0.25) is 15.5 Å². The molecule has 0 aromatic heterocycles. The number of nitrogens with one attached hydrogen (secondary N) is 2. The zero-order chi connectivity index (χ0) is 18.2. The summed E-state index contributed by atoms with van der Waals surface area (Å²) < 4.78 is 0. The Morgan fingerprint density at radius 3 is 2.72 bits per heavy atom. The van der Waals surface area contributed by atoms with E-state index in [0.29, 0.717) is 16.6 Å². The Hall–Kier alpha value is -2.02. The minimum Gasteiger partial charge on any atom is -0.355 e. The van der Waals surface area contributed by atoms with Crippen molar-refractivity contribution >= 4 is 29.2 Å². The molecule has 25 heavy (non-hydrogen) atoms. The average molecular weight is 360 g/mol. The summed E-state index contributed by atoms with van der Waals surface area (Å²) in [5.74, 6) is 1.37. The maximum absolute atomic E-state index is 10.8. The average Bonchev–Trinajstić information content (AvgIpc) is 3.10. The van der Waals surface area contributed by atoms with Crippen molar-refractivity contribution in [2.24, 2.45) is 22.4 Å². The van der Waals surface area contributed by atoms with Crippen LogP contribution in [0.1, 0.15) is 45.6 Å². The summed E-state index contributed by atoms with van der Waals surface area (Å²) in [5.41, 5.74) is 3.69. The molecule has 134 valence electrons. The molecule has 6 nitrogen and oxygen atoms in total. The topological polar surface area (TPSA) is 79.6 Å². The summed E-state index contributed by atoms with van der Waals surface area (Å²) >= 11 is 5.42. The first kappa shape index (κ1) is 17.8. The lowest BCUT2D eigenvalue weighted by Gasteiger charge is -2.48. The van der Waals surface area contributed by atoms with Crippen LogP contribution in [0.4, 0.5) is 5.69 Å². The van der Waals surface area contributed by atoms with E-state index in [-0.39, 0.29) is 16.6 Å². The van der Waals surface area contributed by atoms with Gasteiger partial charge in [0.15, 0.2) is 5.11 Å². The van der Waals surface area contributed by atoms with Gasteiger partial charge in [-0.05, 0) is 55.7 Å². The van der Waals surface area contributed by atoms with Crippen LogP contribution < -0.4 is 10.7 Å². The summed E-state index contributed by atoms with van der Waals surface area (Å²) in [6.45, 7) is 6.90. The van der Waals surface area contributed by atoms with Gasteiger partial charge in [0.1, 0.15) is 0 Å². The molecule has 2 bridgehead atoms. The Morgan fingerprint density at radius 2 is 2.08 bits per heavy atom. The molecule has 0 spiro atoms. The molecule has 2 fully saturated rings. The SMILES string of the molecule is CC1(C)C2CCC(C2)C1(C)NC(=S)NN=Cc1cccc([N+](=O)[O-])c1. The predicted molar refractivity (Wildman–Crippen MR) is 103 cm³/mol. The van der Waals surface area contributed by atoms with E-state index in [1.165, 1.54) is 37.6 Å². The molecule has 0 aliphatic heterocycles. The second kappa shape index (κ2) is 6.37. The van der Waals surface area contributed by atoms with E-state index in [9.17, 15) is 10.1 Å². The van der Waals surface area contributed by atoms with Crippen LogP contribution in [0.2, 0.25) is 0 Å². The molecule has 1 aromatic rings. The summed E-state index contributed by atoms with van der Waals surface area (Å²) in [6, 6.07) is 6.32. The van der Waals surface area contributed by atoms with Gasteiger partial charge in [-0.2, -0.15) is 5.10 Å². The van der Waals surface area contributed by atoms with Gasteiger partial charge in [0, 0.05) is 23.2 Å². The Labute approximate surface area is 153 Å². The third kappa shape index (κ3) is 3.13. The van der Waals surface area contributed by atoms with E-state index in [1.807, 2.05) is 0 Å². The molecule has 2 aliphatic carbocycles. The largest absolute Gasteiger partial charge is 0.355 e. The van der Waals surface area contributed by atoms with E-state index in [1.54, 1.807) is 12.1 Å². The molecular formula is C18H24N4O2S. The molecule has 0 radical (unpaired) electrons. The second-order valence-corrected chi connectivity index (χ2v) is 8.22. The van der Waals surface area contributed by atoms with E-state index in [0.717, 1.165) is 5.92 Å². The minimum atomic E-state index is -0.422. The van der Waals surface area contributed by atoms with Crippen molar-refractivity contribution in [2.75, 3.05) is 0 Å². The van der Waals surface area contributed by atoms with E-state index in [2.05, 4.69) is 36.6 Å². The normalized spacial score (nSPS) is 29.7. The van der Waals surface area contributed by atoms with Gasteiger partial charge in [-0.25, -0.2) is 0 Å². The highest BCUT2D eigenvalue weighted by Crippen LogP contribution is 2.61. The quantitative estimate of drug-likeness (QED) is 0.371. The van der Waals surface area contributed by atoms with Crippen molar-refractivity contribution in [1.29, 1.82) is 0 Å². The van der Waals surface area contributed by atoms with Crippen LogP contribution in [0.5, 0.6) is 0 Å². The van der Waals surface area contributed by atoms with E-state index < -0.39 is 4.92 Å². The highest BCUT2D eigenvalue weighted by molar-refractivity contribution is 7.80. The van der Waals surface area contributed by atoms with Crippen molar-refractivity contribution in [3.05, 3.63) is 39.9 Å². The lowest BCUT2D eigenvalue weighted by atomic mass is 9.64. The van der Waals surface area contributed by atoms with Gasteiger partial charge >= 0.3 is 0 Å². The molecule has 3 atom stereocenters. The standard InChI is InChI=1S/C18H24N4O2S/c1-17(2)13-7-8-14(10-13)18(17,3)20-16(25)21-19-11-12-5-4-6-15(9-12)22(23)24/h4-6,9,11,13-14H,7-8,10H2,1-3H3,(H2,20,21,25). The number of non-ortho nitro benzene ring substituents is 1. The number of fused-ring (bicyclic) bond motifs is 2. The van der Waals surface area contributed by atoms with Crippen LogP contribution in [0.3, 0.4) is 0 Å². The fraction of sp³-hybridized carbons (Fsp3) is 0.556. The maximum atomic E-state index is 10.8. The number of hydrazone groups is 1. The van der Waals surface area contributed by atoms with Crippen molar-refractivity contribution in [1.82, 2.24) is 10.7 Å². The summed E-state index contributed by atoms with van der Waals surface area (Å²) in [6.07, 6.45) is 5.35. The van der Waals surface area contributed by atoms with Gasteiger partial charge in [0.25, 0.3) is 5.69 Å². The number of hydrogen-bond donors (Lipinski definition) is 2. The van der Waals surface area contributed by atoms with Crippen LogP contribution >= 0.6 is 12.2 Å². The lowest BCUT2D eigenvalue weighted by molar-refractivity contribution is -0.384. The number of nitro benzene ring substituents is 1. The van der Waals surface area contributed by atoms with Crippen LogP contribution in [-0.4, -0.2) is 21.8 Å². The highest BCUT2D eigenvalue weighted by Gasteiger charge is 2.60. The van der Waals surface area contributed by atoms with Gasteiger partial charge in [0.2, 0.25) is 0 Å². The predicted octanol–water partition coefficient (Wildman–Crippen LogP) is 3.61. The molecule has 1 aromatic carbocycles. The minimum absolute atomic E-state index is 0.0406. The molecule has 0 saturated heterocycles. The molecule has 0 amide bonds. The Balaban J connectivity index is 1.62. The summed E-state index contributed by atoms with van der Waals surface area (Å²) in [5, 5.41) is 18.9. The number of thiocarbonyl (C=S) groups is 1. The molecule has 3 unspecified atom stereocenters. The van der Waals surface area contributed by atoms with Crippen LogP contribution in [0, 0.1) is 27.4 Å². The smallest absolute Gasteiger partial charge is 0.270 e. The number of rotatable bonds is 4. The molecular weight excluding hydrogens is 336 g/mol. The Bertz CT molecular complexity index is 734. The Kier molecular flexibility index (Phi) is 4.53. The third-order valence-corrected chi connectivity index (χ3v) is 6.64. The van der Waals surface area contributed by atoms with Crippen LogP contribution in [0.25, 0.3) is 0 Å². The van der Waals surface area contributed by atoms with Crippen molar-refractivity contribution in [2.45, 2.75) is 45.6 Å². The molecule has 0 heterocycles. The lowest BCUT2D eigenvalue weighted by Crippen LogP contribution is -2.60. The first-order valence-corrected chi connectivity index (χ1v) is 9.00. The van der Waals surface area contributed by atoms with Crippen molar-refractivity contribution in [3.63, 3.8) is 0 Å². The van der Waals surface area contributed by atoms with Gasteiger partial charge in [0.05, 0.1) is 11.1 Å². The molecule has 2 N–H and O–H groups in total. The number of benzene rings is 1. The van der Waals surface area contributed by atoms with Gasteiger partial charge in [-0.15, -0.1) is 0 Å². The van der Waals surface area contributed by atoms with Crippen LogP contribution in [0.15, 0.2) is 29.4 Å². The fourth-order valence-electron chi connectivity index (χ4n) is 4.52. The number of hydrogen-bond acceptors (Lipinski definition) is 4. The fourth-order valence-corrected chi connectivity index (χ4v) is 4.79. The molecule has 7 heteroatoms. The summed E-state index contributed by atoms with van der Waals surface area (Å²) in [7, 11) is 0. The maximum Gasteiger partial charge on any atom is 0.270 e. The zero-order valence-electron chi connectivity index (χ0n) is 14.8. The van der Waals surface area contributed by atoms with Gasteiger partial charge in [-0.1, -0.05) is 26.0 Å². The van der Waals surface area contributed by atoms with E-state index >= 15 is 0 Å². The van der Waals surface area contributed by atoms with Gasteiger partial charge < -0.3 is 5.32 Å². The molecule has 2 saturated carbocycles. The zero-order valence-corrected chi connectivity index (χ0v) is 15.6. The Morgan fingerprint density at radius 1 is 1.36 bits per heavy atom. The van der Waals surface area contributed by atoms with Crippen molar-refractivity contribution < 1.29 is 4.92 Å².